The molecule has 0 saturated carbocycles. The Labute approximate surface area is 157 Å². The largest absolute Gasteiger partial charge is 0.459 e. The third-order valence-electron chi connectivity index (χ3n) is 3.06. The van der Waals surface area contributed by atoms with E-state index >= 15 is 0 Å². The number of aliphatic imine (C=N–C) groups is 1. The predicted molar refractivity (Wildman–Crippen MR) is 96.2 cm³/mol. The summed E-state index contributed by atoms with van der Waals surface area (Å²) in [5.74, 6) is 0.0344. The van der Waals surface area contributed by atoms with Gasteiger partial charge in [-0.2, -0.15) is 13.2 Å². The van der Waals surface area contributed by atoms with Crippen LogP contribution in [0.4, 0.5) is 13.2 Å². The van der Waals surface area contributed by atoms with Gasteiger partial charge >= 0.3 is 12.1 Å². The molecule has 0 bridgehead atoms. The van der Waals surface area contributed by atoms with Crippen LogP contribution in [0, 0.1) is 0 Å². The Bertz CT molecular complexity index is 623. The minimum Gasteiger partial charge on any atom is -0.459 e. The second-order valence-corrected chi connectivity index (χ2v) is 6.79. The zero-order chi connectivity index (χ0) is 20.5. The average molecular weight is 389 g/mol. The molecule has 152 valence electrons. The van der Waals surface area contributed by atoms with Gasteiger partial charge in [0.15, 0.2) is 5.96 Å². The number of nitrogens with zero attached hydrogens (tertiary/aromatic N) is 1. The van der Waals surface area contributed by atoms with Crippen LogP contribution in [0.15, 0.2) is 29.3 Å². The molecule has 0 saturated heterocycles. The summed E-state index contributed by atoms with van der Waals surface area (Å²) in [6.45, 7) is 4.40. The molecule has 9 heteroatoms. The van der Waals surface area contributed by atoms with Crippen LogP contribution in [0.3, 0.4) is 0 Å². The van der Waals surface area contributed by atoms with Crippen LogP contribution >= 0.6 is 0 Å². The van der Waals surface area contributed by atoms with Crippen molar-refractivity contribution in [2.75, 3.05) is 20.2 Å². The summed E-state index contributed by atoms with van der Waals surface area (Å²) in [5.41, 5.74) is 0.992. The number of benzene rings is 1. The summed E-state index contributed by atoms with van der Waals surface area (Å²) in [5, 5.41) is 5.89. The number of nitrogens with one attached hydrogen (secondary N) is 2. The number of hydrogen-bond acceptors (Lipinski definition) is 4. The lowest BCUT2D eigenvalue weighted by atomic mass is 10.1. The van der Waals surface area contributed by atoms with Crippen molar-refractivity contribution >= 4 is 11.9 Å². The minimum atomic E-state index is -4.33. The molecule has 1 rings (SSSR count). The fourth-order valence-corrected chi connectivity index (χ4v) is 1.98. The van der Waals surface area contributed by atoms with Crippen molar-refractivity contribution in [3.8, 4) is 0 Å². The second kappa shape index (κ2) is 10.1. The molecular formula is C18H26F3N3O3. The zero-order valence-corrected chi connectivity index (χ0v) is 15.9. The molecular weight excluding hydrogens is 363 g/mol. The van der Waals surface area contributed by atoms with Crippen molar-refractivity contribution in [2.45, 2.75) is 45.7 Å². The predicted octanol–water partition coefficient (Wildman–Crippen LogP) is 2.77. The maximum Gasteiger partial charge on any atom is 0.411 e. The number of ether oxygens (including phenoxy) is 2. The SMILES string of the molecule is CN=C(NCC(=O)OC(C)(C)C)NCc1ccc(COCC(F)(F)F)cc1. The van der Waals surface area contributed by atoms with E-state index in [2.05, 4.69) is 20.4 Å². The Morgan fingerprint density at radius 3 is 2.19 bits per heavy atom. The molecule has 0 unspecified atom stereocenters. The van der Waals surface area contributed by atoms with Crippen LogP contribution < -0.4 is 10.6 Å². The molecule has 0 fully saturated rings. The summed E-state index contributed by atoms with van der Waals surface area (Å²) >= 11 is 0. The number of carbonyl (C=O) groups excluding carboxylic acids is 1. The van der Waals surface area contributed by atoms with Crippen molar-refractivity contribution in [1.82, 2.24) is 10.6 Å². The third-order valence-corrected chi connectivity index (χ3v) is 3.06. The van der Waals surface area contributed by atoms with Crippen molar-refractivity contribution in [1.29, 1.82) is 0 Å². The second-order valence-electron chi connectivity index (χ2n) is 6.79. The van der Waals surface area contributed by atoms with Gasteiger partial charge < -0.3 is 20.1 Å². The highest BCUT2D eigenvalue weighted by molar-refractivity contribution is 5.84. The van der Waals surface area contributed by atoms with Gasteiger partial charge in [-0.3, -0.25) is 9.79 Å². The first-order chi connectivity index (χ1) is 12.5. The highest BCUT2D eigenvalue weighted by Crippen LogP contribution is 2.15. The van der Waals surface area contributed by atoms with E-state index in [0.29, 0.717) is 18.1 Å². The van der Waals surface area contributed by atoms with E-state index in [1.807, 2.05) is 0 Å². The number of hydrogen-bond donors (Lipinski definition) is 2. The van der Waals surface area contributed by atoms with Crippen LogP contribution in [0.5, 0.6) is 0 Å². The number of alkyl halides is 3. The topological polar surface area (TPSA) is 72.0 Å². The highest BCUT2D eigenvalue weighted by Gasteiger charge is 2.27. The fourth-order valence-electron chi connectivity index (χ4n) is 1.98. The molecule has 1 aromatic carbocycles. The number of carbonyl (C=O) groups is 1. The van der Waals surface area contributed by atoms with Gasteiger partial charge in [0.25, 0.3) is 0 Å². The van der Waals surface area contributed by atoms with Crippen molar-refractivity contribution in [3.05, 3.63) is 35.4 Å². The lowest BCUT2D eigenvalue weighted by Gasteiger charge is -2.20. The number of esters is 1. The molecule has 0 spiro atoms. The summed E-state index contributed by atoms with van der Waals surface area (Å²) in [4.78, 5) is 15.7. The Hall–Kier alpha value is -2.29. The van der Waals surface area contributed by atoms with Crippen molar-refractivity contribution in [3.63, 3.8) is 0 Å². The van der Waals surface area contributed by atoms with Gasteiger partial charge in [0, 0.05) is 13.6 Å². The first-order valence-electron chi connectivity index (χ1n) is 8.37. The van der Waals surface area contributed by atoms with E-state index in [-0.39, 0.29) is 13.2 Å². The molecule has 1 aromatic rings. The van der Waals surface area contributed by atoms with Gasteiger partial charge in [-0.25, -0.2) is 0 Å². The Kier molecular flexibility index (Phi) is 8.55. The summed E-state index contributed by atoms with van der Waals surface area (Å²) < 4.78 is 45.9. The standard InChI is InChI=1S/C18H26F3N3O3/c1-17(2,3)27-15(25)10-24-16(22-4)23-9-13-5-7-14(8-6-13)11-26-12-18(19,20)21/h5-8H,9-12H2,1-4H3,(H2,22,23,24). The molecule has 0 heterocycles. The smallest absolute Gasteiger partial charge is 0.411 e. The van der Waals surface area contributed by atoms with Crippen LogP contribution in [0.2, 0.25) is 0 Å². The Balaban J connectivity index is 2.39. The Morgan fingerprint density at radius 1 is 1.07 bits per heavy atom. The molecule has 6 nitrogen and oxygen atoms in total. The Morgan fingerprint density at radius 2 is 1.67 bits per heavy atom. The number of rotatable bonds is 7. The van der Waals surface area contributed by atoms with Gasteiger partial charge in [-0.1, -0.05) is 24.3 Å². The maximum absolute atomic E-state index is 12.0. The minimum absolute atomic E-state index is 0.0214. The first kappa shape index (κ1) is 22.8. The van der Waals surface area contributed by atoms with E-state index in [9.17, 15) is 18.0 Å². The van der Waals surface area contributed by atoms with Crippen LogP contribution in [0.25, 0.3) is 0 Å². The molecule has 0 atom stereocenters. The molecule has 0 aromatic heterocycles. The number of halogens is 3. The lowest BCUT2D eigenvalue weighted by Crippen LogP contribution is -2.41. The third kappa shape index (κ3) is 11.1. The van der Waals surface area contributed by atoms with E-state index < -0.39 is 24.4 Å². The molecule has 2 N–H and O–H groups in total. The van der Waals surface area contributed by atoms with Crippen LogP contribution in [-0.4, -0.2) is 43.9 Å². The van der Waals surface area contributed by atoms with Crippen LogP contribution in [0.1, 0.15) is 31.9 Å². The van der Waals surface area contributed by atoms with Crippen molar-refractivity contribution in [2.24, 2.45) is 4.99 Å². The van der Waals surface area contributed by atoms with Gasteiger partial charge in [0.1, 0.15) is 18.8 Å². The molecule has 0 aliphatic carbocycles. The zero-order valence-electron chi connectivity index (χ0n) is 15.9. The monoisotopic (exact) mass is 389 g/mol. The molecule has 0 radical (unpaired) electrons. The lowest BCUT2D eigenvalue weighted by molar-refractivity contribution is -0.176. The number of guanidine groups is 1. The molecule has 0 amide bonds. The summed E-state index contributed by atoms with van der Waals surface area (Å²) in [6.07, 6.45) is -4.33. The van der Waals surface area contributed by atoms with E-state index in [0.717, 1.165) is 5.56 Å². The van der Waals surface area contributed by atoms with Gasteiger partial charge in [-0.05, 0) is 31.9 Å². The normalized spacial score (nSPS) is 12.6. The van der Waals surface area contributed by atoms with E-state index in [4.69, 9.17) is 4.74 Å². The van der Waals surface area contributed by atoms with Crippen LogP contribution in [-0.2, 0) is 27.4 Å². The van der Waals surface area contributed by atoms with Gasteiger partial charge in [-0.15, -0.1) is 0 Å². The fraction of sp³-hybridized carbons (Fsp3) is 0.556. The average Bonchev–Trinajstić information content (AvgIpc) is 2.53. The summed E-state index contributed by atoms with van der Waals surface area (Å²) in [6, 6.07) is 6.95. The molecule has 27 heavy (non-hydrogen) atoms. The van der Waals surface area contributed by atoms with E-state index in [1.54, 1.807) is 52.1 Å². The first-order valence-corrected chi connectivity index (χ1v) is 8.37. The molecule has 0 aliphatic heterocycles. The molecule has 0 aliphatic rings. The maximum atomic E-state index is 12.0. The van der Waals surface area contributed by atoms with Gasteiger partial charge in [0.2, 0.25) is 0 Å². The quantitative estimate of drug-likeness (QED) is 0.426. The van der Waals surface area contributed by atoms with E-state index in [1.165, 1.54) is 0 Å². The highest BCUT2D eigenvalue weighted by atomic mass is 19.4. The summed E-state index contributed by atoms with van der Waals surface area (Å²) in [7, 11) is 1.57. The van der Waals surface area contributed by atoms with Crippen molar-refractivity contribution < 1.29 is 27.4 Å². The van der Waals surface area contributed by atoms with Gasteiger partial charge in [0.05, 0.1) is 6.61 Å².